The highest BCUT2D eigenvalue weighted by molar-refractivity contribution is 5.68. The van der Waals surface area contributed by atoms with Gasteiger partial charge in [-0.3, -0.25) is 0 Å². The Labute approximate surface area is 131 Å². The molecule has 1 aromatic rings. The first-order valence-corrected chi connectivity index (χ1v) is 7.11. The molecule has 0 heterocycles. The molecule has 2 atom stereocenters. The zero-order valence-corrected chi connectivity index (χ0v) is 13.4. The maximum Gasteiger partial charge on any atom is 0.407 e. The number of hydrogen-bond donors (Lipinski definition) is 2. The molecule has 1 rings (SSSR count). The van der Waals surface area contributed by atoms with Crippen LogP contribution >= 0.6 is 0 Å². The molecule has 0 spiro atoms. The third kappa shape index (κ3) is 6.12. The summed E-state index contributed by atoms with van der Waals surface area (Å²) in [4.78, 5) is 11.7. The van der Waals surface area contributed by atoms with Crippen LogP contribution in [0.3, 0.4) is 0 Å². The fraction of sp³-hybridized carbons (Fsp3) is 0.500. The Morgan fingerprint density at radius 1 is 1.41 bits per heavy atom. The van der Waals surface area contributed by atoms with Crippen LogP contribution in [0.1, 0.15) is 33.3 Å². The summed E-state index contributed by atoms with van der Waals surface area (Å²) in [6.07, 6.45) is -0.617. The lowest BCUT2D eigenvalue weighted by molar-refractivity contribution is -0.126. The second kappa shape index (κ2) is 7.78. The first-order valence-electron chi connectivity index (χ1n) is 7.11. The van der Waals surface area contributed by atoms with E-state index in [1.807, 2.05) is 36.4 Å². The highest BCUT2D eigenvalue weighted by atomic mass is 16.6. The number of nitrogens with one attached hydrogen (secondary N) is 1. The molecule has 0 saturated carbocycles. The zero-order valence-electron chi connectivity index (χ0n) is 13.4. The second-order valence-electron chi connectivity index (χ2n) is 6.09. The standard InChI is InChI=1S/C16H23N3O3/c1-12(18-15(20)22-16(2,3)4)14(10-17)19(21)11-13-8-6-5-7-9-13/h5-9,12,14,21H,11H2,1-4H3,(H,18,20)/t12-,14?/m1/s1. The van der Waals surface area contributed by atoms with Gasteiger partial charge in [-0.05, 0) is 33.3 Å². The lowest BCUT2D eigenvalue weighted by Crippen LogP contribution is -2.49. The Hall–Kier alpha value is -2.10. The average Bonchev–Trinajstić information content (AvgIpc) is 2.38. The smallest absolute Gasteiger partial charge is 0.407 e. The Morgan fingerprint density at radius 3 is 2.50 bits per heavy atom. The SMILES string of the molecule is C[C@@H](NC(=O)OC(C)(C)C)C(C#N)N(O)Cc1ccccc1. The van der Waals surface area contributed by atoms with E-state index in [2.05, 4.69) is 5.32 Å². The molecule has 0 aliphatic carbocycles. The van der Waals surface area contributed by atoms with Gasteiger partial charge in [0.05, 0.1) is 18.7 Å². The molecule has 22 heavy (non-hydrogen) atoms. The van der Waals surface area contributed by atoms with Crippen molar-refractivity contribution in [2.45, 2.75) is 51.9 Å². The van der Waals surface area contributed by atoms with E-state index in [9.17, 15) is 15.3 Å². The molecular formula is C16H23N3O3. The van der Waals surface area contributed by atoms with Gasteiger partial charge in [0.15, 0.2) is 0 Å². The van der Waals surface area contributed by atoms with Crippen molar-refractivity contribution in [3.63, 3.8) is 0 Å². The zero-order chi connectivity index (χ0) is 16.8. The third-order valence-corrected chi connectivity index (χ3v) is 2.86. The maximum absolute atomic E-state index is 11.7. The van der Waals surface area contributed by atoms with Crippen molar-refractivity contribution >= 4 is 6.09 Å². The summed E-state index contributed by atoms with van der Waals surface area (Å²) in [5.74, 6) is 0. The van der Waals surface area contributed by atoms with Gasteiger partial charge < -0.3 is 15.3 Å². The fourth-order valence-corrected chi connectivity index (χ4v) is 1.88. The molecule has 120 valence electrons. The number of carbonyl (C=O) groups is 1. The Bertz CT molecular complexity index is 520. The van der Waals surface area contributed by atoms with Crippen LogP contribution < -0.4 is 5.32 Å². The van der Waals surface area contributed by atoms with Crippen molar-refractivity contribution in [2.75, 3.05) is 0 Å². The lowest BCUT2D eigenvalue weighted by Gasteiger charge is -2.27. The van der Waals surface area contributed by atoms with Gasteiger partial charge in [0.2, 0.25) is 0 Å². The number of amides is 1. The van der Waals surface area contributed by atoms with E-state index in [-0.39, 0.29) is 6.54 Å². The van der Waals surface area contributed by atoms with Gasteiger partial charge in [0.25, 0.3) is 0 Å². The maximum atomic E-state index is 11.7. The van der Waals surface area contributed by atoms with Crippen LogP contribution in [0, 0.1) is 11.3 Å². The molecule has 0 radical (unpaired) electrons. The number of alkyl carbamates (subject to hydrolysis) is 1. The minimum atomic E-state index is -0.882. The van der Waals surface area contributed by atoms with Gasteiger partial charge in [-0.2, -0.15) is 10.3 Å². The molecule has 6 nitrogen and oxygen atoms in total. The van der Waals surface area contributed by atoms with E-state index in [0.29, 0.717) is 0 Å². The molecule has 0 aliphatic heterocycles. The fourth-order valence-electron chi connectivity index (χ4n) is 1.88. The molecular weight excluding hydrogens is 282 g/mol. The van der Waals surface area contributed by atoms with Gasteiger partial charge >= 0.3 is 6.09 Å². The molecule has 6 heteroatoms. The van der Waals surface area contributed by atoms with E-state index in [1.54, 1.807) is 27.7 Å². The molecule has 0 aromatic heterocycles. The van der Waals surface area contributed by atoms with E-state index in [1.165, 1.54) is 0 Å². The van der Waals surface area contributed by atoms with E-state index in [4.69, 9.17) is 4.74 Å². The van der Waals surface area contributed by atoms with E-state index >= 15 is 0 Å². The van der Waals surface area contributed by atoms with Crippen LogP contribution in [0.2, 0.25) is 0 Å². The summed E-state index contributed by atoms with van der Waals surface area (Å²) in [7, 11) is 0. The minimum Gasteiger partial charge on any atom is -0.444 e. The van der Waals surface area contributed by atoms with Gasteiger partial charge in [0, 0.05) is 0 Å². The molecule has 0 bridgehead atoms. The van der Waals surface area contributed by atoms with Crippen molar-refractivity contribution in [3.05, 3.63) is 35.9 Å². The van der Waals surface area contributed by atoms with Crippen molar-refractivity contribution < 1.29 is 14.7 Å². The predicted molar refractivity (Wildman–Crippen MR) is 82.0 cm³/mol. The lowest BCUT2D eigenvalue weighted by atomic mass is 10.1. The summed E-state index contributed by atoms with van der Waals surface area (Å²) in [6, 6.07) is 9.81. The molecule has 0 fully saturated rings. The van der Waals surface area contributed by atoms with Gasteiger partial charge in [-0.15, -0.1) is 0 Å². The summed E-state index contributed by atoms with van der Waals surface area (Å²) in [5.41, 5.74) is 0.254. The van der Waals surface area contributed by atoms with E-state index < -0.39 is 23.8 Å². The van der Waals surface area contributed by atoms with Gasteiger partial charge in [-0.25, -0.2) is 4.79 Å². The number of hydrogen-bond acceptors (Lipinski definition) is 5. The van der Waals surface area contributed by atoms with E-state index in [0.717, 1.165) is 10.6 Å². The second-order valence-corrected chi connectivity index (χ2v) is 6.09. The summed E-state index contributed by atoms with van der Waals surface area (Å²) < 4.78 is 5.14. The first kappa shape index (κ1) is 18.0. The molecule has 0 saturated heterocycles. The number of hydroxylamine groups is 2. The highest BCUT2D eigenvalue weighted by Crippen LogP contribution is 2.10. The first-order chi connectivity index (χ1) is 10.2. The predicted octanol–water partition coefficient (Wildman–Crippen LogP) is 2.68. The molecule has 1 unspecified atom stereocenters. The van der Waals surface area contributed by atoms with Crippen LogP contribution in [0.15, 0.2) is 30.3 Å². The number of nitriles is 1. The summed E-state index contributed by atoms with van der Waals surface area (Å²) in [5, 5.41) is 22.8. The minimum absolute atomic E-state index is 0.194. The molecule has 0 aliphatic rings. The normalized spacial score (nSPS) is 14.0. The molecule has 1 amide bonds. The van der Waals surface area contributed by atoms with Crippen molar-refractivity contribution in [1.29, 1.82) is 5.26 Å². The van der Waals surface area contributed by atoms with Crippen LogP contribution in [0.5, 0.6) is 0 Å². The summed E-state index contributed by atoms with van der Waals surface area (Å²) >= 11 is 0. The largest absolute Gasteiger partial charge is 0.444 e. The van der Waals surface area contributed by atoms with Crippen LogP contribution in [0.25, 0.3) is 0 Å². The third-order valence-electron chi connectivity index (χ3n) is 2.86. The number of ether oxygens (including phenoxy) is 1. The Kier molecular flexibility index (Phi) is 6.35. The molecule has 2 N–H and O–H groups in total. The Balaban J connectivity index is 2.62. The van der Waals surface area contributed by atoms with Gasteiger partial charge in [0.1, 0.15) is 11.6 Å². The van der Waals surface area contributed by atoms with Gasteiger partial charge in [-0.1, -0.05) is 30.3 Å². The number of benzene rings is 1. The topological polar surface area (TPSA) is 85.6 Å². The van der Waals surface area contributed by atoms with Crippen molar-refractivity contribution in [1.82, 2.24) is 10.4 Å². The van der Waals surface area contributed by atoms with Crippen LogP contribution in [0.4, 0.5) is 4.79 Å². The average molecular weight is 305 g/mol. The number of nitrogens with zero attached hydrogens (tertiary/aromatic N) is 2. The van der Waals surface area contributed by atoms with Crippen LogP contribution in [-0.4, -0.2) is 34.0 Å². The number of rotatable bonds is 5. The Morgan fingerprint density at radius 2 is 2.00 bits per heavy atom. The monoisotopic (exact) mass is 305 g/mol. The summed E-state index contributed by atoms with van der Waals surface area (Å²) in [6.45, 7) is 7.11. The highest BCUT2D eigenvalue weighted by Gasteiger charge is 2.26. The van der Waals surface area contributed by atoms with Crippen molar-refractivity contribution in [2.24, 2.45) is 0 Å². The van der Waals surface area contributed by atoms with Crippen molar-refractivity contribution in [3.8, 4) is 6.07 Å². The molecule has 1 aromatic carbocycles. The quantitative estimate of drug-likeness (QED) is 0.817. The van der Waals surface area contributed by atoms with Crippen LogP contribution in [-0.2, 0) is 11.3 Å². The number of carbonyl (C=O) groups excluding carboxylic acids is 1.